The largest absolute Gasteiger partial charge is 0.469 e. The molecule has 0 unspecified atom stereocenters. The summed E-state index contributed by atoms with van der Waals surface area (Å²) in [6, 6.07) is 0. The molecule has 0 spiro atoms. The highest BCUT2D eigenvalue weighted by Crippen LogP contribution is 2.20. The van der Waals surface area contributed by atoms with E-state index in [4.69, 9.17) is 0 Å². The summed E-state index contributed by atoms with van der Waals surface area (Å²) in [7, 11) is 2.37. The zero-order valence-electron chi connectivity index (χ0n) is 8.43. The molecule has 0 saturated carbocycles. The summed E-state index contributed by atoms with van der Waals surface area (Å²) in [6.07, 6.45) is -6.14. The first kappa shape index (κ1) is 13.7. The van der Waals surface area contributed by atoms with Crippen LogP contribution in [0.15, 0.2) is 0 Å². The molecule has 0 atom stereocenters. The summed E-state index contributed by atoms with van der Waals surface area (Å²) in [6.45, 7) is -0.0818. The number of esters is 1. The molecule has 0 fully saturated rings. The van der Waals surface area contributed by atoms with Crippen LogP contribution in [-0.2, 0) is 14.3 Å². The van der Waals surface area contributed by atoms with Crippen molar-refractivity contribution >= 4 is 11.9 Å². The van der Waals surface area contributed by atoms with Crippen molar-refractivity contribution in [1.82, 2.24) is 4.90 Å². The van der Waals surface area contributed by atoms with Gasteiger partial charge < -0.3 is 9.64 Å². The highest BCUT2D eigenvalue weighted by atomic mass is 19.4. The molecule has 0 aliphatic carbocycles. The summed E-state index contributed by atoms with van der Waals surface area (Å²) in [4.78, 5) is 22.4. The summed E-state index contributed by atoms with van der Waals surface area (Å²) < 4.78 is 39.7. The lowest BCUT2D eigenvalue weighted by Gasteiger charge is -2.17. The van der Waals surface area contributed by atoms with E-state index in [-0.39, 0.29) is 13.0 Å². The van der Waals surface area contributed by atoms with Gasteiger partial charge in [0.25, 0.3) is 0 Å². The van der Waals surface area contributed by atoms with E-state index in [0.717, 1.165) is 4.90 Å². The van der Waals surface area contributed by atoms with Gasteiger partial charge in [-0.05, 0) is 0 Å². The normalized spacial score (nSPS) is 11.0. The third kappa shape index (κ3) is 6.75. The number of carbonyl (C=O) groups excluding carboxylic acids is 2. The van der Waals surface area contributed by atoms with Crippen LogP contribution < -0.4 is 0 Å². The highest BCUT2D eigenvalue weighted by Gasteiger charge is 2.32. The molecule has 0 rings (SSSR count). The second kappa shape index (κ2) is 5.57. The summed E-state index contributed by atoms with van der Waals surface area (Å²) in [5.74, 6) is -1.63. The van der Waals surface area contributed by atoms with E-state index in [1.165, 1.54) is 14.2 Å². The van der Waals surface area contributed by atoms with Crippen LogP contribution in [0.4, 0.5) is 13.2 Å². The average molecular weight is 227 g/mol. The van der Waals surface area contributed by atoms with Crippen molar-refractivity contribution in [3.63, 3.8) is 0 Å². The van der Waals surface area contributed by atoms with Gasteiger partial charge in [0.2, 0.25) is 5.91 Å². The molecule has 0 N–H and O–H groups in total. The molecule has 1 amide bonds. The number of alkyl halides is 3. The van der Waals surface area contributed by atoms with Crippen molar-refractivity contribution in [3.8, 4) is 0 Å². The van der Waals surface area contributed by atoms with Crippen LogP contribution in [0, 0.1) is 0 Å². The molecule has 0 saturated heterocycles. The average Bonchev–Trinajstić information content (AvgIpc) is 2.10. The molecular weight excluding hydrogens is 215 g/mol. The van der Waals surface area contributed by atoms with Gasteiger partial charge in [0.15, 0.2) is 0 Å². The van der Waals surface area contributed by atoms with E-state index in [9.17, 15) is 22.8 Å². The number of ether oxygens (including phenoxy) is 1. The zero-order chi connectivity index (χ0) is 12.1. The Kier molecular flexibility index (Phi) is 5.10. The SMILES string of the molecule is COC(=O)CCN(C)C(=O)CC(F)(F)F. The Hall–Kier alpha value is -1.27. The summed E-state index contributed by atoms with van der Waals surface area (Å²) in [5, 5.41) is 0. The van der Waals surface area contributed by atoms with Gasteiger partial charge in [-0.3, -0.25) is 9.59 Å². The lowest BCUT2D eigenvalue weighted by Crippen LogP contribution is -2.32. The molecule has 0 aromatic heterocycles. The maximum absolute atomic E-state index is 11.8. The maximum Gasteiger partial charge on any atom is 0.397 e. The molecule has 15 heavy (non-hydrogen) atoms. The molecule has 0 aliphatic rings. The Bertz CT molecular complexity index is 240. The predicted octanol–water partition coefficient (Wildman–Crippen LogP) is 0.960. The van der Waals surface area contributed by atoms with Crippen LogP contribution >= 0.6 is 0 Å². The van der Waals surface area contributed by atoms with Crippen LogP contribution in [0.3, 0.4) is 0 Å². The van der Waals surface area contributed by atoms with E-state index >= 15 is 0 Å². The minimum atomic E-state index is -4.52. The lowest BCUT2D eigenvalue weighted by atomic mass is 10.3. The number of carbonyl (C=O) groups is 2. The van der Waals surface area contributed by atoms with Crippen molar-refractivity contribution in [3.05, 3.63) is 0 Å². The van der Waals surface area contributed by atoms with Gasteiger partial charge in [0, 0.05) is 13.6 Å². The summed E-state index contributed by atoms with van der Waals surface area (Å²) in [5.41, 5.74) is 0. The van der Waals surface area contributed by atoms with Crippen LogP contribution in [0.5, 0.6) is 0 Å². The fourth-order valence-electron chi connectivity index (χ4n) is 0.792. The minimum absolute atomic E-state index is 0.0818. The Morgan fingerprint density at radius 3 is 2.27 bits per heavy atom. The number of hydrogen-bond donors (Lipinski definition) is 0. The van der Waals surface area contributed by atoms with Crippen LogP contribution in [0.1, 0.15) is 12.8 Å². The molecule has 4 nitrogen and oxygen atoms in total. The molecule has 0 aliphatic heterocycles. The van der Waals surface area contributed by atoms with E-state index in [1.54, 1.807) is 0 Å². The molecule has 7 heteroatoms. The van der Waals surface area contributed by atoms with Crippen molar-refractivity contribution < 1.29 is 27.5 Å². The molecule has 0 bridgehead atoms. The minimum Gasteiger partial charge on any atom is -0.469 e. The third-order valence-corrected chi connectivity index (χ3v) is 1.66. The molecule has 88 valence electrons. The van der Waals surface area contributed by atoms with E-state index in [0.29, 0.717) is 0 Å². The van der Waals surface area contributed by atoms with Crippen LogP contribution in [0.2, 0.25) is 0 Å². The zero-order valence-corrected chi connectivity index (χ0v) is 8.43. The Morgan fingerprint density at radius 1 is 1.33 bits per heavy atom. The number of halogens is 3. The Balaban J connectivity index is 3.95. The predicted molar refractivity (Wildman–Crippen MR) is 44.9 cm³/mol. The molecule has 0 radical (unpaired) electrons. The maximum atomic E-state index is 11.8. The van der Waals surface area contributed by atoms with Gasteiger partial charge in [-0.15, -0.1) is 0 Å². The molecule has 0 aromatic carbocycles. The number of amides is 1. The van der Waals surface area contributed by atoms with Crippen molar-refractivity contribution in [1.29, 1.82) is 0 Å². The Labute approximate surface area is 85.0 Å². The van der Waals surface area contributed by atoms with Crippen molar-refractivity contribution in [2.45, 2.75) is 19.0 Å². The fourth-order valence-corrected chi connectivity index (χ4v) is 0.792. The van der Waals surface area contributed by atoms with E-state index in [2.05, 4.69) is 4.74 Å². The monoisotopic (exact) mass is 227 g/mol. The standard InChI is InChI=1S/C8H12F3NO3/c1-12(4-3-7(14)15-2)6(13)5-8(9,10)11/h3-5H2,1-2H3. The Morgan fingerprint density at radius 2 is 1.87 bits per heavy atom. The second-order valence-corrected chi connectivity index (χ2v) is 2.93. The molecule has 0 heterocycles. The van der Waals surface area contributed by atoms with Gasteiger partial charge in [-0.1, -0.05) is 0 Å². The quantitative estimate of drug-likeness (QED) is 0.672. The first-order chi connectivity index (χ1) is 6.76. The van der Waals surface area contributed by atoms with Crippen molar-refractivity contribution in [2.24, 2.45) is 0 Å². The third-order valence-electron chi connectivity index (χ3n) is 1.66. The lowest BCUT2D eigenvalue weighted by molar-refractivity contribution is -0.160. The fraction of sp³-hybridized carbons (Fsp3) is 0.750. The van der Waals surface area contributed by atoms with Gasteiger partial charge in [0.05, 0.1) is 13.5 Å². The molecular formula is C8H12F3NO3. The van der Waals surface area contributed by atoms with Crippen molar-refractivity contribution in [2.75, 3.05) is 20.7 Å². The number of nitrogens with zero attached hydrogens (tertiary/aromatic N) is 1. The number of methoxy groups -OCH3 is 1. The van der Waals surface area contributed by atoms with Crippen LogP contribution in [-0.4, -0.2) is 43.7 Å². The topological polar surface area (TPSA) is 46.6 Å². The molecule has 0 aromatic rings. The van der Waals surface area contributed by atoms with E-state index in [1.807, 2.05) is 0 Å². The number of hydrogen-bond acceptors (Lipinski definition) is 3. The van der Waals surface area contributed by atoms with Gasteiger partial charge in [0.1, 0.15) is 6.42 Å². The van der Waals surface area contributed by atoms with Gasteiger partial charge in [-0.2, -0.15) is 13.2 Å². The van der Waals surface area contributed by atoms with Gasteiger partial charge >= 0.3 is 12.1 Å². The number of rotatable bonds is 4. The van der Waals surface area contributed by atoms with E-state index < -0.39 is 24.5 Å². The first-order valence-corrected chi connectivity index (χ1v) is 4.14. The van der Waals surface area contributed by atoms with Gasteiger partial charge in [-0.25, -0.2) is 0 Å². The van der Waals surface area contributed by atoms with Crippen LogP contribution in [0.25, 0.3) is 0 Å². The highest BCUT2D eigenvalue weighted by molar-refractivity contribution is 5.77. The second-order valence-electron chi connectivity index (χ2n) is 2.93. The first-order valence-electron chi connectivity index (χ1n) is 4.14. The summed E-state index contributed by atoms with van der Waals surface area (Å²) >= 11 is 0. The smallest absolute Gasteiger partial charge is 0.397 e.